The average Bonchev–Trinajstić information content (AvgIpc) is 2.47. The van der Waals surface area contributed by atoms with Gasteiger partial charge in [-0.3, -0.25) is 14.9 Å². The van der Waals surface area contributed by atoms with Crippen molar-refractivity contribution in [1.29, 1.82) is 0 Å². The summed E-state index contributed by atoms with van der Waals surface area (Å²) in [4.78, 5) is 22.3. The van der Waals surface area contributed by atoms with Crippen LogP contribution in [0.25, 0.3) is 0 Å². The lowest BCUT2D eigenvalue weighted by Gasteiger charge is -2.25. The number of fused-ring (bicyclic) bond motifs is 1. The van der Waals surface area contributed by atoms with Gasteiger partial charge in [0.05, 0.1) is 11.5 Å². The SMILES string of the molecule is O=C1CCc2cc([N+](=O)[O-])c(NC3CCCOC3)cc2N1. The van der Waals surface area contributed by atoms with Crippen LogP contribution in [0, 0.1) is 10.1 Å². The predicted molar refractivity (Wildman–Crippen MR) is 77.5 cm³/mol. The van der Waals surface area contributed by atoms with E-state index in [9.17, 15) is 14.9 Å². The zero-order chi connectivity index (χ0) is 14.8. The molecule has 1 aromatic carbocycles. The summed E-state index contributed by atoms with van der Waals surface area (Å²) in [7, 11) is 0. The molecule has 7 nitrogen and oxygen atoms in total. The number of carbonyl (C=O) groups is 1. The Morgan fingerprint density at radius 2 is 2.24 bits per heavy atom. The van der Waals surface area contributed by atoms with Gasteiger partial charge in [0.25, 0.3) is 5.69 Å². The highest BCUT2D eigenvalue weighted by Crippen LogP contribution is 2.34. The van der Waals surface area contributed by atoms with Gasteiger partial charge in [-0.1, -0.05) is 0 Å². The highest BCUT2D eigenvalue weighted by molar-refractivity contribution is 5.95. The van der Waals surface area contributed by atoms with Crippen LogP contribution in [0.2, 0.25) is 0 Å². The fourth-order valence-electron chi connectivity index (χ4n) is 2.76. The van der Waals surface area contributed by atoms with Crippen molar-refractivity contribution in [3.8, 4) is 0 Å². The number of nitrogens with zero attached hydrogens (tertiary/aromatic N) is 1. The zero-order valence-electron chi connectivity index (χ0n) is 11.6. The molecule has 0 aromatic heterocycles. The number of nitro benzene ring substituents is 1. The number of anilines is 2. The van der Waals surface area contributed by atoms with Crippen LogP contribution in [0.4, 0.5) is 17.1 Å². The number of nitro groups is 1. The molecule has 1 unspecified atom stereocenters. The molecule has 2 aliphatic rings. The molecule has 1 atom stereocenters. The molecule has 2 heterocycles. The number of hydrogen-bond acceptors (Lipinski definition) is 5. The second-order valence-corrected chi connectivity index (χ2v) is 5.39. The summed E-state index contributed by atoms with van der Waals surface area (Å²) in [6.45, 7) is 1.28. The van der Waals surface area contributed by atoms with Gasteiger partial charge in [0.2, 0.25) is 5.91 Å². The van der Waals surface area contributed by atoms with Crippen molar-refractivity contribution in [2.75, 3.05) is 23.8 Å². The van der Waals surface area contributed by atoms with Gasteiger partial charge in [0.1, 0.15) is 5.69 Å². The van der Waals surface area contributed by atoms with E-state index >= 15 is 0 Å². The molecule has 0 aliphatic carbocycles. The number of aryl methyl sites for hydroxylation is 1. The molecule has 1 amide bonds. The van der Waals surface area contributed by atoms with Gasteiger partial charge < -0.3 is 15.4 Å². The third-order valence-corrected chi connectivity index (χ3v) is 3.83. The lowest BCUT2D eigenvalue weighted by atomic mass is 10.0. The lowest BCUT2D eigenvalue weighted by molar-refractivity contribution is -0.384. The van der Waals surface area contributed by atoms with Crippen molar-refractivity contribution in [2.24, 2.45) is 0 Å². The molecule has 1 fully saturated rings. The quantitative estimate of drug-likeness (QED) is 0.657. The first-order valence-corrected chi connectivity index (χ1v) is 7.09. The second kappa shape index (κ2) is 5.69. The molecule has 1 aromatic rings. The van der Waals surface area contributed by atoms with E-state index in [2.05, 4.69) is 10.6 Å². The number of amides is 1. The largest absolute Gasteiger partial charge is 0.379 e. The monoisotopic (exact) mass is 291 g/mol. The molecule has 0 radical (unpaired) electrons. The minimum Gasteiger partial charge on any atom is -0.379 e. The molecule has 2 N–H and O–H groups in total. The predicted octanol–water partition coefficient (Wildman–Crippen LogP) is 2.07. The van der Waals surface area contributed by atoms with Crippen molar-refractivity contribution in [3.63, 3.8) is 0 Å². The standard InChI is InChI=1S/C14H17N3O4/c18-14-4-3-9-6-13(17(19)20)12(7-11(9)16-14)15-10-2-1-5-21-8-10/h6-7,10,15H,1-5,8H2,(H,16,18). The van der Waals surface area contributed by atoms with Crippen molar-refractivity contribution < 1.29 is 14.5 Å². The van der Waals surface area contributed by atoms with Gasteiger partial charge in [-0.15, -0.1) is 0 Å². The Labute approximate surface area is 121 Å². The van der Waals surface area contributed by atoms with Crippen LogP contribution in [0.3, 0.4) is 0 Å². The Kier molecular flexibility index (Phi) is 3.74. The zero-order valence-corrected chi connectivity index (χ0v) is 11.6. The average molecular weight is 291 g/mol. The van der Waals surface area contributed by atoms with Gasteiger partial charge in [0, 0.05) is 30.8 Å². The van der Waals surface area contributed by atoms with Gasteiger partial charge in [0.15, 0.2) is 0 Å². The molecule has 112 valence electrons. The highest BCUT2D eigenvalue weighted by atomic mass is 16.6. The number of rotatable bonds is 3. The van der Waals surface area contributed by atoms with Crippen LogP contribution in [0.15, 0.2) is 12.1 Å². The molecule has 7 heteroatoms. The molecule has 0 saturated carbocycles. The number of hydrogen-bond donors (Lipinski definition) is 2. The van der Waals surface area contributed by atoms with Crippen molar-refractivity contribution in [2.45, 2.75) is 31.7 Å². The first-order valence-electron chi connectivity index (χ1n) is 7.09. The van der Waals surface area contributed by atoms with Gasteiger partial charge in [-0.2, -0.15) is 0 Å². The van der Waals surface area contributed by atoms with Crippen LogP contribution >= 0.6 is 0 Å². The Morgan fingerprint density at radius 3 is 2.95 bits per heavy atom. The molecule has 1 saturated heterocycles. The summed E-state index contributed by atoms with van der Waals surface area (Å²) in [6.07, 6.45) is 2.76. The number of ether oxygens (including phenoxy) is 1. The highest BCUT2D eigenvalue weighted by Gasteiger charge is 2.24. The van der Waals surface area contributed by atoms with Crippen molar-refractivity contribution in [3.05, 3.63) is 27.8 Å². The summed E-state index contributed by atoms with van der Waals surface area (Å²) >= 11 is 0. The van der Waals surface area contributed by atoms with Crippen LogP contribution in [0.5, 0.6) is 0 Å². The maximum atomic E-state index is 11.5. The van der Waals surface area contributed by atoms with Crippen molar-refractivity contribution in [1.82, 2.24) is 0 Å². The first-order chi connectivity index (χ1) is 10.1. The summed E-state index contributed by atoms with van der Waals surface area (Å²) in [5.74, 6) is -0.0525. The minimum absolute atomic E-state index is 0.0514. The van der Waals surface area contributed by atoms with Crippen LogP contribution in [0.1, 0.15) is 24.8 Å². The van der Waals surface area contributed by atoms with E-state index in [0.29, 0.717) is 30.8 Å². The van der Waals surface area contributed by atoms with E-state index in [1.54, 1.807) is 12.1 Å². The molecule has 0 spiro atoms. The van der Waals surface area contributed by atoms with Crippen LogP contribution in [-0.4, -0.2) is 30.1 Å². The minimum atomic E-state index is -0.386. The smallest absolute Gasteiger partial charge is 0.292 e. The maximum Gasteiger partial charge on any atom is 0.292 e. The second-order valence-electron chi connectivity index (χ2n) is 5.39. The Hall–Kier alpha value is -2.15. The fourth-order valence-corrected chi connectivity index (χ4v) is 2.76. The van der Waals surface area contributed by atoms with E-state index in [0.717, 1.165) is 25.0 Å². The number of benzene rings is 1. The van der Waals surface area contributed by atoms with E-state index in [1.165, 1.54) is 0 Å². The molecule has 0 bridgehead atoms. The van der Waals surface area contributed by atoms with Gasteiger partial charge in [-0.05, 0) is 30.9 Å². The van der Waals surface area contributed by atoms with E-state index < -0.39 is 0 Å². The third-order valence-electron chi connectivity index (χ3n) is 3.83. The summed E-state index contributed by atoms with van der Waals surface area (Å²) in [6, 6.07) is 3.29. The summed E-state index contributed by atoms with van der Waals surface area (Å²) in [5, 5.41) is 17.2. The van der Waals surface area contributed by atoms with Gasteiger partial charge >= 0.3 is 0 Å². The van der Waals surface area contributed by atoms with Crippen molar-refractivity contribution >= 4 is 23.0 Å². The Morgan fingerprint density at radius 1 is 1.38 bits per heavy atom. The maximum absolute atomic E-state index is 11.5. The molecule has 3 rings (SSSR count). The van der Waals surface area contributed by atoms with Gasteiger partial charge in [-0.25, -0.2) is 0 Å². The molecular weight excluding hydrogens is 274 g/mol. The summed E-state index contributed by atoms with van der Waals surface area (Å²) in [5.41, 5.74) is 1.97. The topological polar surface area (TPSA) is 93.5 Å². The lowest BCUT2D eigenvalue weighted by Crippen LogP contribution is -2.30. The number of carbonyl (C=O) groups excluding carboxylic acids is 1. The van der Waals surface area contributed by atoms with Crippen LogP contribution in [-0.2, 0) is 16.0 Å². The molecule has 21 heavy (non-hydrogen) atoms. The Balaban J connectivity index is 1.91. The first kappa shape index (κ1) is 13.8. The van der Waals surface area contributed by atoms with E-state index in [1.807, 2.05) is 0 Å². The molecular formula is C14H17N3O4. The normalized spacial score (nSPS) is 21.3. The van der Waals surface area contributed by atoms with E-state index in [4.69, 9.17) is 4.74 Å². The summed E-state index contributed by atoms with van der Waals surface area (Å²) < 4.78 is 5.38. The fraction of sp³-hybridized carbons (Fsp3) is 0.500. The van der Waals surface area contributed by atoms with Crippen LogP contribution < -0.4 is 10.6 Å². The van der Waals surface area contributed by atoms with E-state index in [-0.39, 0.29) is 22.6 Å². The molecule has 2 aliphatic heterocycles. The third kappa shape index (κ3) is 2.97. The number of nitrogens with one attached hydrogen (secondary N) is 2. The Bertz CT molecular complexity index is 582.